The number of aromatic nitrogens is 2. The Balaban J connectivity index is 2.21. The van der Waals surface area contributed by atoms with Gasteiger partial charge in [0.25, 0.3) is 0 Å². The van der Waals surface area contributed by atoms with E-state index in [1.807, 2.05) is 29.6 Å². The summed E-state index contributed by atoms with van der Waals surface area (Å²) < 4.78 is 1.96. The molecule has 0 bridgehead atoms. The maximum absolute atomic E-state index is 4.42. The van der Waals surface area contributed by atoms with E-state index in [1.54, 1.807) is 0 Å². The Hall–Kier alpha value is -0.740. The van der Waals surface area contributed by atoms with E-state index in [-0.39, 0.29) is 0 Å². The fourth-order valence-corrected chi connectivity index (χ4v) is 2.06. The Morgan fingerprint density at radius 3 is 3.06 bits per heavy atom. The van der Waals surface area contributed by atoms with Crippen LogP contribution in [0.15, 0.2) is 18.7 Å². The van der Waals surface area contributed by atoms with Gasteiger partial charge >= 0.3 is 0 Å². The maximum Gasteiger partial charge on any atom is 0.0625 e. The van der Waals surface area contributed by atoms with E-state index in [9.17, 15) is 0 Å². The van der Waals surface area contributed by atoms with E-state index in [0.29, 0.717) is 0 Å². The molecule has 0 fully saturated rings. The van der Waals surface area contributed by atoms with Crippen molar-refractivity contribution in [2.45, 2.75) is 19.9 Å². The summed E-state index contributed by atoms with van der Waals surface area (Å²) in [6, 6.07) is 2.17. The molecule has 0 saturated carbocycles. The summed E-state index contributed by atoms with van der Waals surface area (Å²) >= 11 is 1.90. The molecule has 3 nitrogen and oxygen atoms in total. The molecular weight excluding hydrogens is 218 g/mol. The molecule has 0 saturated heterocycles. The molecule has 0 aliphatic heterocycles. The second kappa shape index (κ2) is 7.52. The summed E-state index contributed by atoms with van der Waals surface area (Å²) in [7, 11) is 2.00. The van der Waals surface area contributed by atoms with Gasteiger partial charge in [-0.2, -0.15) is 16.9 Å². The molecule has 0 aromatic carbocycles. The largest absolute Gasteiger partial charge is 0.310 e. The molecule has 1 aromatic heterocycles. The SMILES string of the molecule is C=CCSCCNCc1cc(CC)nn1C. The molecule has 0 aliphatic carbocycles. The van der Waals surface area contributed by atoms with Gasteiger partial charge in [0.15, 0.2) is 0 Å². The maximum atomic E-state index is 4.42. The summed E-state index contributed by atoms with van der Waals surface area (Å²) in [5.41, 5.74) is 2.42. The highest BCUT2D eigenvalue weighted by molar-refractivity contribution is 7.99. The minimum atomic E-state index is 0.901. The molecule has 0 aliphatic rings. The normalized spacial score (nSPS) is 10.6. The highest BCUT2D eigenvalue weighted by Gasteiger charge is 2.02. The van der Waals surface area contributed by atoms with Gasteiger partial charge in [0.2, 0.25) is 0 Å². The van der Waals surface area contributed by atoms with Crippen LogP contribution in [0.2, 0.25) is 0 Å². The van der Waals surface area contributed by atoms with E-state index in [4.69, 9.17) is 0 Å². The zero-order chi connectivity index (χ0) is 11.8. The molecule has 16 heavy (non-hydrogen) atoms. The van der Waals surface area contributed by atoms with Crippen molar-refractivity contribution in [3.8, 4) is 0 Å². The van der Waals surface area contributed by atoms with Gasteiger partial charge in [-0.3, -0.25) is 4.68 Å². The third-order valence-electron chi connectivity index (χ3n) is 2.35. The van der Waals surface area contributed by atoms with Crippen molar-refractivity contribution in [3.05, 3.63) is 30.1 Å². The number of hydrogen-bond donors (Lipinski definition) is 1. The summed E-state index contributed by atoms with van der Waals surface area (Å²) in [6.45, 7) is 7.76. The highest BCUT2D eigenvalue weighted by Crippen LogP contribution is 2.03. The first kappa shape index (κ1) is 13.3. The molecule has 0 amide bonds. The monoisotopic (exact) mass is 239 g/mol. The van der Waals surface area contributed by atoms with Crippen molar-refractivity contribution in [2.24, 2.45) is 7.05 Å². The smallest absolute Gasteiger partial charge is 0.0625 e. The number of nitrogens with zero attached hydrogens (tertiary/aromatic N) is 2. The summed E-state index contributed by atoms with van der Waals surface area (Å²) in [5, 5.41) is 7.84. The fraction of sp³-hybridized carbons (Fsp3) is 0.583. The van der Waals surface area contributed by atoms with E-state index in [1.165, 1.54) is 11.4 Å². The molecule has 4 heteroatoms. The van der Waals surface area contributed by atoms with Gasteiger partial charge in [-0.1, -0.05) is 13.0 Å². The Bertz CT molecular complexity index is 320. The van der Waals surface area contributed by atoms with Gasteiger partial charge in [0.05, 0.1) is 11.4 Å². The Labute approximate surface area is 102 Å². The van der Waals surface area contributed by atoms with Crippen molar-refractivity contribution >= 4 is 11.8 Å². The van der Waals surface area contributed by atoms with Crippen molar-refractivity contribution in [1.82, 2.24) is 15.1 Å². The average Bonchev–Trinajstić information content (AvgIpc) is 2.65. The molecule has 1 N–H and O–H groups in total. The quantitative estimate of drug-likeness (QED) is 0.556. The zero-order valence-electron chi connectivity index (χ0n) is 10.2. The van der Waals surface area contributed by atoms with Crippen LogP contribution in [0.4, 0.5) is 0 Å². The van der Waals surface area contributed by atoms with Crippen molar-refractivity contribution in [2.75, 3.05) is 18.1 Å². The van der Waals surface area contributed by atoms with Crippen LogP contribution < -0.4 is 5.32 Å². The minimum Gasteiger partial charge on any atom is -0.310 e. The molecule has 1 rings (SSSR count). The first-order chi connectivity index (χ1) is 7.77. The van der Waals surface area contributed by atoms with Gasteiger partial charge in [-0.15, -0.1) is 6.58 Å². The van der Waals surface area contributed by atoms with Crippen LogP contribution in [0.25, 0.3) is 0 Å². The zero-order valence-corrected chi connectivity index (χ0v) is 11.0. The predicted molar refractivity (Wildman–Crippen MR) is 71.8 cm³/mol. The van der Waals surface area contributed by atoms with E-state index in [0.717, 1.165) is 31.0 Å². The second-order valence-corrected chi connectivity index (χ2v) is 4.79. The molecule has 0 atom stereocenters. The fourth-order valence-electron chi connectivity index (χ4n) is 1.44. The van der Waals surface area contributed by atoms with E-state index < -0.39 is 0 Å². The Kier molecular flexibility index (Phi) is 6.26. The first-order valence-corrected chi connectivity index (χ1v) is 6.84. The first-order valence-electron chi connectivity index (χ1n) is 5.69. The molecule has 1 heterocycles. The van der Waals surface area contributed by atoms with Gasteiger partial charge in [0.1, 0.15) is 0 Å². The molecule has 0 radical (unpaired) electrons. The van der Waals surface area contributed by atoms with E-state index >= 15 is 0 Å². The number of thioether (sulfide) groups is 1. The van der Waals surface area contributed by atoms with Gasteiger partial charge in [0, 0.05) is 31.6 Å². The lowest BCUT2D eigenvalue weighted by Gasteiger charge is -2.04. The van der Waals surface area contributed by atoms with Gasteiger partial charge < -0.3 is 5.32 Å². The lowest BCUT2D eigenvalue weighted by molar-refractivity contribution is 0.641. The number of hydrogen-bond acceptors (Lipinski definition) is 3. The van der Waals surface area contributed by atoms with Crippen LogP contribution in [0.1, 0.15) is 18.3 Å². The van der Waals surface area contributed by atoms with Crippen LogP contribution in [0, 0.1) is 0 Å². The van der Waals surface area contributed by atoms with Crippen LogP contribution in [-0.4, -0.2) is 27.8 Å². The molecule has 1 aromatic rings. The molecule has 90 valence electrons. The van der Waals surface area contributed by atoms with E-state index in [2.05, 4.69) is 30.0 Å². The topological polar surface area (TPSA) is 29.9 Å². The third-order valence-corrected chi connectivity index (χ3v) is 3.32. The van der Waals surface area contributed by atoms with Crippen LogP contribution in [0.3, 0.4) is 0 Å². The van der Waals surface area contributed by atoms with Crippen LogP contribution >= 0.6 is 11.8 Å². The standard InChI is InChI=1S/C12H21N3S/c1-4-7-16-8-6-13-10-12-9-11(5-2)14-15(12)3/h4,9,13H,1,5-8,10H2,2-3H3. The minimum absolute atomic E-state index is 0.901. The predicted octanol–water partition coefficient (Wildman–Crippen LogP) is 1.99. The number of nitrogens with one attached hydrogen (secondary N) is 1. The molecule has 0 unspecified atom stereocenters. The number of rotatable bonds is 8. The van der Waals surface area contributed by atoms with Crippen molar-refractivity contribution in [1.29, 1.82) is 0 Å². The lowest BCUT2D eigenvalue weighted by atomic mass is 10.3. The van der Waals surface area contributed by atoms with Crippen molar-refractivity contribution in [3.63, 3.8) is 0 Å². The van der Waals surface area contributed by atoms with Crippen molar-refractivity contribution < 1.29 is 0 Å². The number of aryl methyl sites for hydroxylation is 2. The summed E-state index contributed by atoms with van der Waals surface area (Å²) in [5.74, 6) is 2.16. The molecule has 0 spiro atoms. The van der Waals surface area contributed by atoms with Gasteiger partial charge in [-0.25, -0.2) is 0 Å². The lowest BCUT2D eigenvalue weighted by Crippen LogP contribution is -2.18. The molecular formula is C12H21N3S. The van der Waals surface area contributed by atoms with Crippen LogP contribution in [-0.2, 0) is 20.0 Å². The van der Waals surface area contributed by atoms with Gasteiger partial charge in [-0.05, 0) is 12.5 Å². The average molecular weight is 239 g/mol. The Morgan fingerprint density at radius 2 is 2.44 bits per heavy atom. The Morgan fingerprint density at radius 1 is 1.62 bits per heavy atom. The highest BCUT2D eigenvalue weighted by atomic mass is 32.2. The second-order valence-electron chi connectivity index (χ2n) is 3.64. The summed E-state index contributed by atoms with van der Waals surface area (Å²) in [4.78, 5) is 0. The third kappa shape index (κ3) is 4.41. The van der Waals surface area contributed by atoms with Crippen LogP contribution in [0.5, 0.6) is 0 Å². The summed E-state index contributed by atoms with van der Waals surface area (Å²) in [6.07, 6.45) is 2.95.